The minimum Gasteiger partial charge on any atom is -0.289 e. The van der Waals surface area contributed by atoms with Crippen molar-refractivity contribution in [2.75, 3.05) is 5.75 Å². The summed E-state index contributed by atoms with van der Waals surface area (Å²) in [5, 5.41) is 2.93. The van der Waals surface area contributed by atoms with Crippen molar-refractivity contribution in [1.82, 2.24) is 0 Å². The van der Waals surface area contributed by atoms with Crippen LogP contribution in [0.2, 0.25) is 0 Å². The van der Waals surface area contributed by atoms with Gasteiger partial charge in [0.2, 0.25) is 15.7 Å². The number of alkyl halides is 24. The highest BCUT2D eigenvalue weighted by molar-refractivity contribution is 8.07. The molecule has 0 heterocycles. The smallest absolute Gasteiger partial charge is 0.289 e. The number of benzene rings is 8. The van der Waals surface area contributed by atoms with Crippen LogP contribution in [0.1, 0.15) is 71.6 Å². The fourth-order valence-electron chi connectivity index (χ4n) is 9.46. The highest BCUT2D eigenvalue weighted by atomic mass is 32.2. The zero-order chi connectivity index (χ0) is 66.1. The van der Waals surface area contributed by atoms with E-state index in [-0.39, 0.29) is 11.5 Å². The number of rotatable bonds is 10. The zero-order valence-corrected chi connectivity index (χ0v) is 45.0. The van der Waals surface area contributed by atoms with Gasteiger partial charge in [0.05, 0.1) is 44.5 Å². The van der Waals surface area contributed by atoms with E-state index in [0.29, 0.717) is 10.5 Å². The maximum atomic E-state index is 14.2. The second-order valence-corrected chi connectivity index (χ2v) is 22.0. The normalized spacial score (nSPS) is 13.6. The average Bonchev–Trinajstić information content (AvgIpc) is 0.723. The molecule has 0 saturated heterocycles. The molecule has 0 aliphatic rings. The van der Waals surface area contributed by atoms with Gasteiger partial charge in [0.25, 0.3) is 0 Å². The van der Waals surface area contributed by atoms with Crippen molar-refractivity contribution < 1.29 is 114 Å². The second kappa shape index (κ2) is 24.8. The Labute approximate surface area is 489 Å². The van der Waals surface area contributed by atoms with E-state index < -0.39 is 205 Å². The molecule has 0 radical (unpaired) electrons. The fraction of sp³-hybridized carbons (Fsp3) is 0.164. The number of hydrogen-bond donors (Lipinski definition) is 0. The number of hydrogen-bond acceptors (Lipinski definition) is 2. The number of ketones is 1. The summed E-state index contributed by atoms with van der Waals surface area (Å²) in [4.78, 5) is 13.6. The van der Waals surface area contributed by atoms with E-state index in [4.69, 9.17) is 0 Å². The van der Waals surface area contributed by atoms with Crippen LogP contribution in [0.15, 0.2) is 193 Å². The third-order valence-corrected chi connectivity index (χ3v) is 15.7. The summed E-state index contributed by atoms with van der Waals surface area (Å²) in [5.74, 6) is 2.68. The molecular formula is C61H35BF24O2S. The van der Waals surface area contributed by atoms with Gasteiger partial charge in [-0.1, -0.05) is 144 Å². The molecule has 0 spiro atoms. The van der Waals surface area contributed by atoms with Crippen molar-refractivity contribution in [3.8, 4) is 11.2 Å². The number of carbonyl (C=O) groups excluding carboxylic acids is 1. The first kappa shape index (κ1) is 68.0. The SMILES string of the molecule is FC(F)(F)c1cc([B-](c2cc(C(F)(F)F)cc(C(F)(F)F)c2)(c2cc(C(F)(F)F)cc(C(F)(F)F)c2)c2cc(C(F)(F)F)cc(C(F)(F)F)c2)cc(C(F)(F)F)c1.O=C(C[S+](=O)(C#Cc1ccccc1)c1ccccc1)c1ccc(Cc2ccccc2)cc1. The van der Waals surface area contributed by atoms with Crippen molar-refractivity contribution in [1.29, 1.82) is 0 Å². The van der Waals surface area contributed by atoms with Crippen LogP contribution in [-0.4, -0.2) is 17.7 Å². The molecule has 0 aromatic heterocycles. The van der Waals surface area contributed by atoms with Gasteiger partial charge in [-0.2, -0.15) is 127 Å². The summed E-state index contributed by atoms with van der Waals surface area (Å²) in [7, 11) is -2.88. The molecule has 0 N–H and O–H groups in total. The molecule has 8 aromatic carbocycles. The highest BCUT2D eigenvalue weighted by Gasteiger charge is 2.47. The van der Waals surface area contributed by atoms with E-state index in [2.05, 4.69) is 23.3 Å². The lowest BCUT2D eigenvalue weighted by Crippen LogP contribution is -2.75. The van der Waals surface area contributed by atoms with Crippen molar-refractivity contribution in [2.45, 2.75) is 60.7 Å². The second-order valence-electron chi connectivity index (χ2n) is 19.7. The third-order valence-electron chi connectivity index (χ3n) is 13.6. The Morgan fingerprint density at radius 1 is 0.337 bits per heavy atom. The topological polar surface area (TPSA) is 34.1 Å². The molecule has 0 amide bonds. The lowest BCUT2D eigenvalue weighted by molar-refractivity contribution is -0.144. The third kappa shape index (κ3) is 16.4. The van der Waals surface area contributed by atoms with Gasteiger partial charge in [-0.25, -0.2) is 0 Å². The molecule has 89 heavy (non-hydrogen) atoms. The maximum Gasteiger partial charge on any atom is 0.416 e. The number of Topliss-reactive ketones (excluding diaryl/α,β-unsaturated/α-hetero) is 1. The summed E-state index contributed by atoms with van der Waals surface area (Å²) in [6, 6.07) is 27.4. The first-order chi connectivity index (χ1) is 40.9. The molecule has 468 valence electrons. The minimum absolute atomic E-state index is 0.144. The van der Waals surface area contributed by atoms with Gasteiger partial charge in [0.15, 0.2) is 15.9 Å². The summed E-state index contributed by atoms with van der Waals surface area (Å²) < 4.78 is 355. The van der Waals surface area contributed by atoms with Gasteiger partial charge in [-0.15, -0.1) is 0 Å². The Morgan fingerprint density at radius 2 is 0.596 bits per heavy atom. The van der Waals surface area contributed by atoms with E-state index in [0.717, 1.165) is 17.5 Å². The Hall–Kier alpha value is -8.48. The predicted octanol–water partition coefficient (Wildman–Crippen LogP) is 17.2. The fourth-order valence-corrected chi connectivity index (χ4v) is 11.2. The van der Waals surface area contributed by atoms with Gasteiger partial charge in [-0.05, 0) is 72.0 Å². The number of halogens is 24. The van der Waals surface area contributed by atoms with Crippen LogP contribution in [-0.2, 0) is 70.0 Å². The van der Waals surface area contributed by atoms with Crippen LogP contribution in [0.5, 0.6) is 0 Å². The summed E-state index contributed by atoms with van der Waals surface area (Å²) >= 11 is 0. The van der Waals surface area contributed by atoms with Crippen molar-refractivity contribution in [3.63, 3.8) is 0 Å². The molecule has 0 bridgehead atoms. The molecule has 8 rings (SSSR count). The molecule has 0 saturated carbocycles. The van der Waals surface area contributed by atoms with Crippen molar-refractivity contribution in [2.24, 2.45) is 0 Å². The van der Waals surface area contributed by atoms with Crippen LogP contribution in [0, 0.1) is 11.2 Å². The summed E-state index contributed by atoms with van der Waals surface area (Å²) in [6.07, 6.45) is -54.0. The van der Waals surface area contributed by atoms with E-state index in [9.17, 15) is 114 Å². The van der Waals surface area contributed by atoms with Crippen LogP contribution < -0.4 is 21.9 Å². The molecule has 8 aromatic rings. The molecule has 1 unspecified atom stereocenters. The van der Waals surface area contributed by atoms with Gasteiger partial charge in [0, 0.05) is 11.1 Å². The van der Waals surface area contributed by atoms with Crippen LogP contribution in [0.4, 0.5) is 105 Å². The van der Waals surface area contributed by atoms with Gasteiger partial charge in [0.1, 0.15) is 6.15 Å². The highest BCUT2D eigenvalue weighted by Crippen LogP contribution is 2.42. The van der Waals surface area contributed by atoms with E-state index >= 15 is 0 Å². The summed E-state index contributed by atoms with van der Waals surface area (Å²) in [6.45, 7) is 0. The van der Waals surface area contributed by atoms with E-state index in [1.54, 1.807) is 12.1 Å². The molecule has 0 aliphatic heterocycles. The lowest BCUT2D eigenvalue weighted by Gasteiger charge is -2.46. The zero-order valence-electron chi connectivity index (χ0n) is 44.2. The van der Waals surface area contributed by atoms with Crippen molar-refractivity contribution in [3.05, 3.63) is 255 Å². The predicted molar refractivity (Wildman–Crippen MR) is 281 cm³/mol. The number of carbonyl (C=O) groups is 1. The molecule has 2 nitrogen and oxygen atoms in total. The molecule has 0 fully saturated rings. The molecular weight excluding hydrogens is 1260 g/mol. The first-order valence-electron chi connectivity index (χ1n) is 25.1. The largest absolute Gasteiger partial charge is 0.416 e. The van der Waals surface area contributed by atoms with Gasteiger partial charge in [-0.3, -0.25) is 4.79 Å². The standard InChI is InChI=1S/C32H12BF24.C29H23O2S/c34-25(35,36)13-1-14(26(37,38)39)6-21(5-13)33(22-7-15(27(40,41)42)2-16(8-22)28(43,44)45,23-9-17(29(46,47)48)3-18(10-23)30(49,50)51)24-11-19(31(52,53)54)4-20(12-24)32(55,56)57;30-29(27-18-16-26(17-19-27)22-25-12-6-2-7-13-25)23-32(31,28-14-8-3-9-15-28)21-20-24-10-4-1-5-11-24/h1-12H;1-19H,22-23H2/q-1;+1. The monoisotopic (exact) mass is 1300 g/mol. The lowest BCUT2D eigenvalue weighted by atomic mass is 9.12. The van der Waals surface area contributed by atoms with Crippen LogP contribution in [0.25, 0.3) is 0 Å². The van der Waals surface area contributed by atoms with Crippen LogP contribution >= 0.6 is 0 Å². The van der Waals surface area contributed by atoms with Crippen molar-refractivity contribution >= 4 is 43.7 Å². The first-order valence-corrected chi connectivity index (χ1v) is 26.8. The van der Waals surface area contributed by atoms with E-state index in [1.807, 2.05) is 91.0 Å². The minimum atomic E-state index is -6.13. The Morgan fingerprint density at radius 3 is 0.876 bits per heavy atom. The Bertz CT molecular complexity index is 3510. The summed E-state index contributed by atoms with van der Waals surface area (Å²) in [5.41, 5.74) is -26.5. The molecule has 28 heteroatoms. The maximum absolute atomic E-state index is 14.2. The van der Waals surface area contributed by atoms with Gasteiger partial charge < -0.3 is 0 Å². The Balaban J connectivity index is 0.000000296. The molecule has 1 atom stereocenters. The quantitative estimate of drug-likeness (QED) is 0.0450. The average molecular weight is 1300 g/mol. The van der Waals surface area contributed by atoms with Crippen LogP contribution in [0.3, 0.4) is 0 Å². The molecule has 0 aliphatic carbocycles. The Kier molecular flexibility index (Phi) is 19.0. The van der Waals surface area contributed by atoms with E-state index in [1.165, 1.54) is 5.56 Å². The van der Waals surface area contributed by atoms with Gasteiger partial charge >= 0.3 is 49.4 Å².